The highest BCUT2D eigenvalue weighted by molar-refractivity contribution is 7.89. The van der Waals surface area contributed by atoms with Gasteiger partial charge in [-0.3, -0.25) is 0 Å². The van der Waals surface area contributed by atoms with E-state index in [0.717, 1.165) is 16.7 Å². The summed E-state index contributed by atoms with van der Waals surface area (Å²) in [4.78, 5) is 8.79. The minimum Gasteiger partial charge on any atom is -0.472 e. The number of hydrogen-bond acceptors (Lipinski definition) is 5. The molecule has 1 heterocycles. The van der Waals surface area contributed by atoms with Gasteiger partial charge in [0.2, 0.25) is 15.9 Å². The van der Waals surface area contributed by atoms with Crippen LogP contribution in [0.15, 0.2) is 77.8 Å². The summed E-state index contributed by atoms with van der Waals surface area (Å²) >= 11 is 6.11. The molecular formula is C21H16ClN3O3S. The van der Waals surface area contributed by atoms with Crippen LogP contribution < -0.4 is 9.88 Å². The Morgan fingerprint density at radius 2 is 1.69 bits per heavy atom. The molecule has 0 aliphatic heterocycles. The standard InChI is InChI=1S/C21H16ClN3O3S/c22-18-8-3-9-19-21(18)24-12-20(25-19)28-13-14-4-1-5-15(10-14)16-6-2-7-17(11-16)29(23,26)27/h1-12H,13H2,(H2,23,26,27). The van der Waals surface area contributed by atoms with Gasteiger partial charge in [-0.05, 0) is 47.0 Å². The molecular weight excluding hydrogens is 410 g/mol. The number of aromatic nitrogens is 2. The van der Waals surface area contributed by atoms with Gasteiger partial charge in [0.15, 0.2) is 0 Å². The van der Waals surface area contributed by atoms with Crippen LogP contribution in [0.5, 0.6) is 5.88 Å². The summed E-state index contributed by atoms with van der Waals surface area (Å²) in [6, 6.07) is 19.5. The molecule has 0 saturated carbocycles. The van der Waals surface area contributed by atoms with Gasteiger partial charge in [0.05, 0.1) is 21.6 Å². The average molecular weight is 426 g/mol. The Morgan fingerprint density at radius 3 is 2.48 bits per heavy atom. The van der Waals surface area contributed by atoms with E-state index in [1.165, 1.54) is 12.3 Å². The monoisotopic (exact) mass is 425 g/mol. The van der Waals surface area contributed by atoms with Crippen molar-refractivity contribution in [2.45, 2.75) is 11.5 Å². The Kier molecular flexibility index (Phi) is 5.19. The van der Waals surface area contributed by atoms with E-state index in [-0.39, 0.29) is 11.5 Å². The molecule has 1 aromatic heterocycles. The molecule has 2 N–H and O–H groups in total. The van der Waals surface area contributed by atoms with Crippen molar-refractivity contribution in [3.63, 3.8) is 0 Å². The highest BCUT2D eigenvalue weighted by Crippen LogP contribution is 2.24. The molecule has 0 saturated heterocycles. The minimum atomic E-state index is -3.76. The molecule has 29 heavy (non-hydrogen) atoms. The van der Waals surface area contributed by atoms with Gasteiger partial charge in [0, 0.05) is 0 Å². The first-order chi connectivity index (χ1) is 13.9. The molecule has 0 aliphatic carbocycles. The lowest BCUT2D eigenvalue weighted by molar-refractivity contribution is 0.294. The van der Waals surface area contributed by atoms with Crippen LogP contribution >= 0.6 is 11.6 Å². The first-order valence-corrected chi connectivity index (χ1v) is 10.6. The maximum atomic E-state index is 11.6. The number of rotatable bonds is 5. The van der Waals surface area contributed by atoms with Crippen molar-refractivity contribution in [2.24, 2.45) is 5.14 Å². The van der Waals surface area contributed by atoms with Gasteiger partial charge in [-0.2, -0.15) is 0 Å². The molecule has 3 aromatic carbocycles. The number of sulfonamides is 1. The third-order valence-corrected chi connectivity index (χ3v) is 5.53. The Bertz CT molecular complexity index is 1310. The van der Waals surface area contributed by atoms with Crippen molar-refractivity contribution >= 4 is 32.7 Å². The number of ether oxygens (including phenoxy) is 1. The summed E-state index contributed by atoms with van der Waals surface area (Å²) in [6.45, 7) is 0.281. The molecule has 0 amide bonds. The molecule has 0 bridgehead atoms. The molecule has 4 rings (SSSR count). The van der Waals surface area contributed by atoms with Gasteiger partial charge in [0.25, 0.3) is 0 Å². The Morgan fingerprint density at radius 1 is 0.966 bits per heavy atom. The minimum absolute atomic E-state index is 0.0711. The van der Waals surface area contributed by atoms with Crippen molar-refractivity contribution < 1.29 is 13.2 Å². The van der Waals surface area contributed by atoms with Crippen molar-refractivity contribution in [1.82, 2.24) is 9.97 Å². The second-order valence-electron chi connectivity index (χ2n) is 6.38. The van der Waals surface area contributed by atoms with Crippen molar-refractivity contribution in [1.29, 1.82) is 0 Å². The Balaban J connectivity index is 1.56. The lowest BCUT2D eigenvalue weighted by atomic mass is 10.0. The van der Waals surface area contributed by atoms with Gasteiger partial charge in [0.1, 0.15) is 12.1 Å². The number of nitrogens with zero attached hydrogens (tertiary/aromatic N) is 2. The highest BCUT2D eigenvalue weighted by atomic mass is 35.5. The second-order valence-corrected chi connectivity index (χ2v) is 8.35. The molecule has 0 spiro atoms. The largest absolute Gasteiger partial charge is 0.472 e. The summed E-state index contributed by atoms with van der Waals surface area (Å²) < 4.78 is 29.0. The zero-order chi connectivity index (χ0) is 20.4. The number of halogens is 1. The quantitative estimate of drug-likeness (QED) is 0.517. The molecule has 0 atom stereocenters. The van der Waals surface area contributed by atoms with Gasteiger partial charge >= 0.3 is 0 Å². The van der Waals surface area contributed by atoms with Gasteiger partial charge in [-0.15, -0.1) is 0 Å². The van der Waals surface area contributed by atoms with Crippen LogP contribution in [0.3, 0.4) is 0 Å². The lowest BCUT2D eigenvalue weighted by Gasteiger charge is -2.09. The SMILES string of the molecule is NS(=O)(=O)c1cccc(-c2cccc(COc3cnc4c(Cl)cccc4n3)c2)c1. The van der Waals surface area contributed by atoms with Crippen molar-refractivity contribution in [3.8, 4) is 17.0 Å². The summed E-state index contributed by atoms with van der Waals surface area (Å²) in [6.07, 6.45) is 1.54. The number of nitrogens with two attached hydrogens (primary N) is 1. The van der Waals surface area contributed by atoms with Crippen LogP contribution in [0.4, 0.5) is 0 Å². The van der Waals surface area contributed by atoms with Crippen molar-refractivity contribution in [3.05, 3.63) is 83.5 Å². The predicted molar refractivity (Wildman–Crippen MR) is 112 cm³/mol. The van der Waals surface area contributed by atoms with E-state index in [1.807, 2.05) is 42.5 Å². The van der Waals surface area contributed by atoms with E-state index in [4.69, 9.17) is 21.5 Å². The third-order valence-electron chi connectivity index (χ3n) is 4.31. The van der Waals surface area contributed by atoms with Gasteiger partial charge in [-0.1, -0.05) is 48.0 Å². The first kappa shape index (κ1) is 19.3. The van der Waals surface area contributed by atoms with E-state index >= 15 is 0 Å². The number of para-hydroxylation sites is 1. The summed E-state index contributed by atoms with van der Waals surface area (Å²) in [5.74, 6) is 0.390. The number of benzene rings is 3. The van der Waals surface area contributed by atoms with Crippen LogP contribution in [0.25, 0.3) is 22.2 Å². The van der Waals surface area contributed by atoms with E-state index in [9.17, 15) is 8.42 Å². The third kappa shape index (κ3) is 4.37. The predicted octanol–water partition coefficient (Wildman–Crippen LogP) is 4.18. The van der Waals surface area contributed by atoms with Gasteiger partial charge in [-0.25, -0.2) is 23.5 Å². The maximum Gasteiger partial charge on any atom is 0.238 e. The second kappa shape index (κ2) is 7.79. The smallest absolute Gasteiger partial charge is 0.238 e. The molecule has 4 aromatic rings. The van der Waals surface area contributed by atoms with E-state index in [2.05, 4.69) is 9.97 Å². The number of fused-ring (bicyclic) bond motifs is 1. The van der Waals surface area contributed by atoms with Crippen molar-refractivity contribution in [2.75, 3.05) is 0 Å². The fourth-order valence-electron chi connectivity index (χ4n) is 2.91. The summed E-state index contributed by atoms with van der Waals surface area (Å²) in [5, 5.41) is 5.76. The molecule has 6 nitrogen and oxygen atoms in total. The molecule has 0 aliphatic rings. The topological polar surface area (TPSA) is 95.2 Å². The average Bonchev–Trinajstić information content (AvgIpc) is 2.72. The number of primary sulfonamides is 1. The fraction of sp³-hybridized carbons (Fsp3) is 0.0476. The Labute approximate surface area is 173 Å². The van der Waals surface area contributed by atoms with Gasteiger partial charge < -0.3 is 4.74 Å². The van der Waals surface area contributed by atoms with E-state index in [0.29, 0.717) is 21.9 Å². The fourth-order valence-corrected chi connectivity index (χ4v) is 3.69. The summed E-state index contributed by atoms with van der Waals surface area (Å²) in [5.41, 5.74) is 3.78. The number of hydrogen-bond donors (Lipinski definition) is 1. The molecule has 8 heteroatoms. The summed E-state index contributed by atoms with van der Waals surface area (Å²) in [7, 11) is -3.76. The van der Waals surface area contributed by atoms with E-state index < -0.39 is 10.0 Å². The van der Waals surface area contributed by atoms with E-state index in [1.54, 1.807) is 18.2 Å². The molecule has 0 fully saturated rings. The van der Waals surface area contributed by atoms with Crippen LogP contribution in [0, 0.1) is 0 Å². The lowest BCUT2D eigenvalue weighted by Crippen LogP contribution is -2.11. The maximum absolute atomic E-state index is 11.6. The highest BCUT2D eigenvalue weighted by Gasteiger charge is 2.09. The molecule has 0 radical (unpaired) electrons. The zero-order valence-electron chi connectivity index (χ0n) is 15.1. The first-order valence-electron chi connectivity index (χ1n) is 8.66. The van der Waals surface area contributed by atoms with Crippen LogP contribution in [-0.4, -0.2) is 18.4 Å². The Hall–Kier alpha value is -3.00. The molecule has 0 unspecified atom stereocenters. The zero-order valence-corrected chi connectivity index (χ0v) is 16.7. The van der Waals surface area contributed by atoms with Crippen LogP contribution in [-0.2, 0) is 16.6 Å². The normalized spacial score (nSPS) is 11.5. The van der Waals surface area contributed by atoms with Crippen LogP contribution in [0.2, 0.25) is 5.02 Å². The van der Waals surface area contributed by atoms with Crippen LogP contribution in [0.1, 0.15) is 5.56 Å². The molecule has 146 valence electrons.